The van der Waals surface area contributed by atoms with Gasteiger partial charge in [0.2, 0.25) is 0 Å². The average molecular weight is 689 g/mol. The lowest BCUT2D eigenvalue weighted by atomic mass is 9.84. The average Bonchev–Trinajstić information content (AvgIpc) is 3.73. The summed E-state index contributed by atoms with van der Waals surface area (Å²) in [5, 5.41) is 7.31. The summed E-state index contributed by atoms with van der Waals surface area (Å²) in [5.41, 5.74) is 12.2. The van der Waals surface area contributed by atoms with Crippen molar-refractivity contribution in [2.75, 3.05) is 0 Å². The number of aromatic nitrogens is 4. The van der Waals surface area contributed by atoms with E-state index < -0.39 is 0 Å². The normalized spacial score (nSPS) is 12.1. The number of fused-ring (bicyclic) bond motifs is 3. The minimum absolute atomic E-state index is 0.00806. The lowest BCUT2D eigenvalue weighted by Gasteiger charge is -2.20. The van der Waals surface area contributed by atoms with Crippen LogP contribution in [0.4, 0.5) is 0 Å². The maximum atomic E-state index is 6.77. The maximum Gasteiger partial charge on any atom is 0.137 e. The van der Waals surface area contributed by atoms with E-state index in [1.54, 1.807) is 0 Å². The second kappa shape index (κ2) is 14.1. The van der Waals surface area contributed by atoms with Crippen LogP contribution in [0.3, 0.4) is 0 Å². The first kappa shape index (κ1) is 35.3. The van der Waals surface area contributed by atoms with Crippen LogP contribution in [0.25, 0.3) is 44.4 Å². The number of pyridine rings is 1. The Morgan fingerprint density at radius 3 is 2.21 bits per heavy atom. The first-order valence-electron chi connectivity index (χ1n) is 18.9. The fourth-order valence-electron chi connectivity index (χ4n) is 7.44. The lowest BCUT2D eigenvalue weighted by molar-refractivity contribution is 0.482. The molecular formula is C47H52N4O. The highest BCUT2D eigenvalue weighted by Gasteiger charge is 2.20. The van der Waals surface area contributed by atoms with E-state index in [1.165, 1.54) is 44.2 Å². The van der Waals surface area contributed by atoms with Crippen LogP contribution in [-0.4, -0.2) is 19.3 Å². The summed E-state index contributed by atoms with van der Waals surface area (Å²) in [6, 6.07) is 30.6. The first-order valence-corrected chi connectivity index (χ1v) is 18.9. The van der Waals surface area contributed by atoms with E-state index >= 15 is 0 Å². The number of nitrogens with zero attached hydrogens (tertiary/aromatic N) is 4. The van der Waals surface area contributed by atoms with Gasteiger partial charge in [-0.05, 0) is 107 Å². The van der Waals surface area contributed by atoms with Gasteiger partial charge in [-0.15, -0.1) is 0 Å². The second-order valence-corrected chi connectivity index (χ2v) is 16.0. The molecule has 5 heteroatoms. The van der Waals surface area contributed by atoms with E-state index in [0.717, 1.165) is 58.9 Å². The zero-order valence-electron chi connectivity index (χ0n) is 32.3. The standard InChI is InChI=1S/C47H52N4O/c1-10-11-14-33-23-36(50-29-34(28-49-50)46-41(30(2)3)21-32(6)22-42(46)31(4)5)26-38(24-33)52-37-17-18-40-39-15-12-13-16-43(39)51(44(40)27-37)45-25-35(19-20-48-45)47(7,8)9/h12-13,15-31H,10-11,14H2,1-9H3. The van der Waals surface area contributed by atoms with Crippen LogP contribution in [0, 0.1) is 6.92 Å². The van der Waals surface area contributed by atoms with E-state index in [1.807, 2.05) is 17.1 Å². The number of rotatable bonds is 10. The molecule has 266 valence electrons. The van der Waals surface area contributed by atoms with Gasteiger partial charge in [0.25, 0.3) is 0 Å². The molecule has 0 aliphatic heterocycles. The van der Waals surface area contributed by atoms with Gasteiger partial charge in [0, 0.05) is 40.9 Å². The number of hydrogen-bond acceptors (Lipinski definition) is 3. The molecule has 0 saturated heterocycles. The van der Waals surface area contributed by atoms with E-state index in [4.69, 9.17) is 14.8 Å². The van der Waals surface area contributed by atoms with Crippen molar-refractivity contribution in [2.45, 2.75) is 98.8 Å². The molecule has 0 amide bonds. The Morgan fingerprint density at radius 1 is 0.769 bits per heavy atom. The predicted octanol–water partition coefficient (Wildman–Crippen LogP) is 13.0. The summed E-state index contributed by atoms with van der Waals surface area (Å²) in [6.45, 7) is 20.3. The zero-order chi connectivity index (χ0) is 36.7. The van der Waals surface area contributed by atoms with Gasteiger partial charge in [-0.2, -0.15) is 5.10 Å². The largest absolute Gasteiger partial charge is 0.457 e. The molecule has 0 unspecified atom stereocenters. The molecule has 7 aromatic rings. The number of aryl methyl sites for hydroxylation is 2. The van der Waals surface area contributed by atoms with Gasteiger partial charge in [0.05, 0.1) is 22.9 Å². The van der Waals surface area contributed by atoms with E-state index in [0.29, 0.717) is 11.8 Å². The van der Waals surface area contributed by atoms with Crippen molar-refractivity contribution < 1.29 is 4.74 Å². The topological polar surface area (TPSA) is 44.9 Å². The highest BCUT2D eigenvalue weighted by Crippen LogP contribution is 2.39. The third-order valence-electron chi connectivity index (χ3n) is 10.2. The molecule has 0 aliphatic rings. The van der Waals surface area contributed by atoms with E-state index in [2.05, 4.69) is 158 Å². The Balaban J connectivity index is 1.31. The van der Waals surface area contributed by atoms with E-state index in [-0.39, 0.29) is 5.41 Å². The van der Waals surface area contributed by atoms with Gasteiger partial charge in [-0.1, -0.05) is 97.7 Å². The van der Waals surface area contributed by atoms with Gasteiger partial charge in [-0.3, -0.25) is 4.57 Å². The van der Waals surface area contributed by atoms with Gasteiger partial charge in [0.1, 0.15) is 17.3 Å². The van der Waals surface area contributed by atoms with Crippen molar-refractivity contribution in [1.82, 2.24) is 19.3 Å². The van der Waals surface area contributed by atoms with Crippen LogP contribution in [0.15, 0.2) is 104 Å². The third-order valence-corrected chi connectivity index (χ3v) is 10.2. The minimum atomic E-state index is 0.00806. The van der Waals surface area contributed by atoms with Crippen molar-refractivity contribution in [2.24, 2.45) is 0 Å². The maximum absolute atomic E-state index is 6.77. The monoisotopic (exact) mass is 688 g/mol. The summed E-state index contributed by atoms with van der Waals surface area (Å²) in [6.07, 6.45) is 9.35. The Morgan fingerprint density at radius 2 is 1.50 bits per heavy atom. The van der Waals surface area contributed by atoms with Crippen molar-refractivity contribution in [3.8, 4) is 34.1 Å². The number of unbranched alkanes of at least 4 members (excludes halogenated alkanes) is 1. The number of ether oxygens (including phenoxy) is 1. The van der Waals surface area contributed by atoms with Crippen molar-refractivity contribution in [3.05, 3.63) is 131 Å². The van der Waals surface area contributed by atoms with Gasteiger partial charge >= 0.3 is 0 Å². The van der Waals surface area contributed by atoms with Gasteiger partial charge in [0.15, 0.2) is 0 Å². The van der Waals surface area contributed by atoms with Crippen molar-refractivity contribution in [3.63, 3.8) is 0 Å². The predicted molar refractivity (Wildman–Crippen MR) is 218 cm³/mol. The summed E-state index contributed by atoms with van der Waals surface area (Å²) < 4.78 is 11.0. The Kier molecular flexibility index (Phi) is 9.56. The van der Waals surface area contributed by atoms with Crippen LogP contribution in [0.2, 0.25) is 0 Å². The van der Waals surface area contributed by atoms with Crippen molar-refractivity contribution in [1.29, 1.82) is 0 Å². The second-order valence-electron chi connectivity index (χ2n) is 16.0. The molecule has 0 fully saturated rings. The van der Waals surface area contributed by atoms with Gasteiger partial charge < -0.3 is 4.74 Å². The van der Waals surface area contributed by atoms with E-state index in [9.17, 15) is 0 Å². The molecule has 0 aliphatic carbocycles. The van der Waals surface area contributed by atoms with Crippen LogP contribution < -0.4 is 4.74 Å². The fourth-order valence-corrected chi connectivity index (χ4v) is 7.44. The zero-order valence-corrected chi connectivity index (χ0v) is 32.3. The molecule has 4 aromatic carbocycles. The summed E-state index contributed by atoms with van der Waals surface area (Å²) in [5.74, 6) is 3.30. The Labute approximate surface area is 309 Å². The van der Waals surface area contributed by atoms with Crippen LogP contribution in [0.5, 0.6) is 11.5 Å². The molecule has 0 radical (unpaired) electrons. The van der Waals surface area contributed by atoms with Crippen LogP contribution >= 0.6 is 0 Å². The van der Waals surface area contributed by atoms with Crippen LogP contribution in [0.1, 0.15) is 108 Å². The first-order chi connectivity index (χ1) is 24.9. The highest BCUT2D eigenvalue weighted by atomic mass is 16.5. The lowest BCUT2D eigenvalue weighted by Crippen LogP contribution is -2.12. The molecule has 0 atom stereocenters. The molecule has 0 spiro atoms. The molecule has 7 rings (SSSR count). The fraction of sp³-hybridized carbons (Fsp3) is 0.319. The van der Waals surface area contributed by atoms with Gasteiger partial charge in [-0.25, -0.2) is 9.67 Å². The smallest absolute Gasteiger partial charge is 0.137 e. The quantitative estimate of drug-likeness (QED) is 0.144. The highest BCUT2D eigenvalue weighted by molar-refractivity contribution is 6.09. The molecule has 3 aromatic heterocycles. The minimum Gasteiger partial charge on any atom is -0.457 e. The molecule has 0 bridgehead atoms. The third kappa shape index (κ3) is 6.89. The summed E-state index contributed by atoms with van der Waals surface area (Å²) in [7, 11) is 0. The molecule has 5 nitrogen and oxygen atoms in total. The Hall–Kier alpha value is -5.16. The Bertz CT molecular complexity index is 2350. The molecule has 0 saturated carbocycles. The molecule has 52 heavy (non-hydrogen) atoms. The summed E-state index contributed by atoms with van der Waals surface area (Å²) >= 11 is 0. The molecule has 3 heterocycles. The molecule has 0 N–H and O–H groups in total. The summed E-state index contributed by atoms with van der Waals surface area (Å²) in [4.78, 5) is 4.86. The number of benzene rings is 4. The van der Waals surface area contributed by atoms with Crippen molar-refractivity contribution >= 4 is 21.8 Å². The molecular weight excluding hydrogens is 637 g/mol. The van der Waals surface area contributed by atoms with Crippen LogP contribution in [-0.2, 0) is 11.8 Å². The number of para-hydroxylation sites is 1. The number of hydrogen-bond donors (Lipinski definition) is 0. The SMILES string of the molecule is CCCCc1cc(Oc2ccc3c4ccccc4n(-c4cc(C(C)(C)C)ccn4)c3c2)cc(-n2cc(-c3c(C(C)C)cc(C)cc3C(C)C)cn2)c1.